The molecule has 0 radical (unpaired) electrons. The fourth-order valence-corrected chi connectivity index (χ4v) is 7.20. The molecule has 0 N–H and O–H groups in total. The van der Waals surface area contributed by atoms with Gasteiger partial charge in [0.2, 0.25) is 0 Å². The Kier molecular flexibility index (Phi) is 7.89. The summed E-state index contributed by atoms with van der Waals surface area (Å²) in [5.41, 5.74) is 12.5. The smallest absolute Gasteiger partial charge is 0.187 e. The Morgan fingerprint density at radius 2 is 0.865 bits per heavy atom. The lowest BCUT2D eigenvalue weighted by Crippen LogP contribution is -1.95. The molecule has 1 aromatic heterocycles. The number of rotatable bonds is 6. The second-order valence-corrected chi connectivity index (χ2v) is 12.8. The summed E-state index contributed by atoms with van der Waals surface area (Å²) in [5.74, 6) is 0.707. The van der Waals surface area contributed by atoms with E-state index in [0.29, 0.717) is 11.5 Å². The Hall–Kier alpha value is -7.15. The maximum atomic E-state index is 7.36. The second kappa shape index (κ2) is 13.3. The predicted molar refractivity (Wildman–Crippen MR) is 216 cm³/mol. The van der Waals surface area contributed by atoms with Gasteiger partial charge in [-0.05, 0) is 61.0 Å². The highest BCUT2D eigenvalue weighted by Crippen LogP contribution is 2.42. The van der Waals surface area contributed by atoms with E-state index in [4.69, 9.17) is 16.5 Å². The third-order valence-corrected chi connectivity index (χ3v) is 9.75. The van der Waals surface area contributed by atoms with Crippen LogP contribution < -0.4 is 0 Å². The molecule has 9 rings (SSSR count). The monoisotopic (exact) mass is 661 g/mol. The van der Waals surface area contributed by atoms with Crippen LogP contribution in [0, 0.1) is 6.57 Å². The standard InChI is InChI=1S/C49H31N3/c1-50-39-28-26-33(27-29-39)40-30-31-44(43-19-9-8-18-42(40)43)45-21-11-17-37-16-10-20-41(48(37)45)34-22-24-36(25-23-34)47-32-46(35-12-4-2-5-13-35)51-49(52-47)38-14-6-3-7-15-38/h2-32H. The minimum absolute atomic E-state index is 0.645. The van der Waals surface area contributed by atoms with Crippen LogP contribution in [0.15, 0.2) is 188 Å². The van der Waals surface area contributed by atoms with Crippen LogP contribution in [0.3, 0.4) is 0 Å². The molecular weight excluding hydrogens is 631 g/mol. The Morgan fingerprint density at radius 1 is 0.365 bits per heavy atom. The van der Waals surface area contributed by atoms with Crippen molar-refractivity contribution in [2.45, 2.75) is 0 Å². The van der Waals surface area contributed by atoms with Gasteiger partial charge >= 0.3 is 0 Å². The van der Waals surface area contributed by atoms with Gasteiger partial charge < -0.3 is 0 Å². The first-order valence-corrected chi connectivity index (χ1v) is 17.4. The maximum Gasteiger partial charge on any atom is 0.187 e. The van der Waals surface area contributed by atoms with Crippen molar-refractivity contribution in [3.8, 4) is 67.3 Å². The number of benzene rings is 8. The average Bonchev–Trinajstić information content (AvgIpc) is 3.23. The summed E-state index contributed by atoms with van der Waals surface area (Å²) in [6.45, 7) is 7.36. The summed E-state index contributed by atoms with van der Waals surface area (Å²) in [4.78, 5) is 13.6. The molecule has 0 atom stereocenters. The zero-order valence-corrected chi connectivity index (χ0v) is 28.2. The molecule has 3 heteroatoms. The molecular formula is C49H31N3. The Morgan fingerprint density at radius 3 is 1.52 bits per heavy atom. The largest absolute Gasteiger partial charge is 0.238 e. The molecule has 0 saturated carbocycles. The number of nitrogens with zero attached hydrogens (tertiary/aromatic N) is 3. The maximum absolute atomic E-state index is 7.36. The van der Waals surface area contributed by atoms with Gasteiger partial charge in [0.05, 0.1) is 18.0 Å². The third kappa shape index (κ3) is 5.69. The van der Waals surface area contributed by atoms with E-state index in [-0.39, 0.29) is 0 Å². The summed E-state index contributed by atoms with van der Waals surface area (Å²) in [6.07, 6.45) is 0. The van der Waals surface area contributed by atoms with E-state index in [1.54, 1.807) is 0 Å². The molecule has 0 fully saturated rings. The molecule has 0 bridgehead atoms. The lowest BCUT2D eigenvalue weighted by Gasteiger charge is -2.16. The lowest BCUT2D eigenvalue weighted by molar-refractivity contribution is 1.18. The quantitative estimate of drug-likeness (QED) is 0.166. The van der Waals surface area contributed by atoms with Gasteiger partial charge in [-0.15, -0.1) is 0 Å². The Bertz CT molecular complexity index is 2700. The minimum Gasteiger partial charge on any atom is -0.238 e. The van der Waals surface area contributed by atoms with Crippen LogP contribution in [0.25, 0.3) is 93.7 Å². The van der Waals surface area contributed by atoms with Crippen molar-refractivity contribution in [3.05, 3.63) is 199 Å². The molecule has 242 valence electrons. The normalized spacial score (nSPS) is 11.1. The summed E-state index contributed by atoms with van der Waals surface area (Å²) < 4.78 is 0. The highest BCUT2D eigenvalue weighted by Gasteiger charge is 2.16. The highest BCUT2D eigenvalue weighted by atomic mass is 14.9. The molecule has 0 amide bonds. The zero-order chi connectivity index (χ0) is 34.9. The lowest BCUT2D eigenvalue weighted by atomic mass is 9.87. The van der Waals surface area contributed by atoms with Gasteiger partial charge in [0, 0.05) is 16.7 Å². The molecule has 9 aromatic rings. The van der Waals surface area contributed by atoms with Crippen molar-refractivity contribution in [1.29, 1.82) is 0 Å². The van der Waals surface area contributed by atoms with E-state index in [2.05, 4.69) is 132 Å². The number of fused-ring (bicyclic) bond motifs is 2. The van der Waals surface area contributed by atoms with Crippen LogP contribution in [0.4, 0.5) is 5.69 Å². The SMILES string of the molecule is [C-]#[N+]c1ccc(-c2ccc(-c3cccc4cccc(-c5ccc(-c6cc(-c7ccccc7)nc(-c7ccccc7)n6)cc5)c34)c3ccccc23)cc1. The van der Waals surface area contributed by atoms with Crippen LogP contribution in [0.1, 0.15) is 0 Å². The van der Waals surface area contributed by atoms with Crippen molar-refractivity contribution in [2.24, 2.45) is 0 Å². The van der Waals surface area contributed by atoms with Crippen LogP contribution >= 0.6 is 0 Å². The first-order valence-electron chi connectivity index (χ1n) is 17.4. The summed E-state index contributed by atoms with van der Waals surface area (Å²) >= 11 is 0. The van der Waals surface area contributed by atoms with Crippen molar-refractivity contribution in [2.75, 3.05) is 0 Å². The highest BCUT2D eigenvalue weighted by molar-refractivity contribution is 6.13. The van der Waals surface area contributed by atoms with Crippen LogP contribution in [0.5, 0.6) is 0 Å². The fraction of sp³-hybridized carbons (Fsp3) is 0. The third-order valence-electron chi connectivity index (χ3n) is 9.75. The van der Waals surface area contributed by atoms with Crippen LogP contribution in [-0.2, 0) is 0 Å². The zero-order valence-electron chi connectivity index (χ0n) is 28.2. The van der Waals surface area contributed by atoms with Gasteiger partial charge in [-0.3, -0.25) is 0 Å². The Balaban J connectivity index is 1.15. The van der Waals surface area contributed by atoms with E-state index < -0.39 is 0 Å². The minimum atomic E-state index is 0.645. The molecule has 0 aliphatic rings. The van der Waals surface area contributed by atoms with Crippen LogP contribution in [0.2, 0.25) is 0 Å². The van der Waals surface area contributed by atoms with Crippen molar-refractivity contribution in [3.63, 3.8) is 0 Å². The topological polar surface area (TPSA) is 30.1 Å². The number of hydrogen-bond acceptors (Lipinski definition) is 2. The van der Waals surface area contributed by atoms with Gasteiger partial charge in [-0.25, -0.2) is 14.8 Å². The molecule has 1 heterocycles. The van der Waals surface area contributed by atoms with Gasteiger partial charge in [0.25, 0.3) is 0 Å². The molecule has 0 saturated heterocycles. The van der Waals surface area contributed by atoms with Gasteiger partial charge in [0.1, 0.15) is 0 Å². The molecule has 0 aliphatic heterocycles. The van der Waals surface area contributed by atoms with E-state index in [1.165, 1.54) is 38.2 Å². The van der Waals surface area contributed by atoms with Crippen molar-refractivity contribution >= 4 is 27.2 Å². The molecule has 3 nitrogen and oxygen atoms in total. The predicted octanol–water partition coefficient (Wildman–Crippen LogP) is 13.3. The first kappa shape index (κ1) is 30.9. The van der Waals surface area contributed by atoms with E-state index in [1.807, 2.05) is 60.7 Å². The summed E-state index contributed by atoms with van der Waals surface area (Å²) in [5, 5.41) is 4.79. The Labute approximate surface area is 303 Å². The van der Waals surface area contributed by atoms with Crippen molar-refractivity contribution < 1.29 is 0 Å². The molecule has 8 aromatic carbocycles. The number of hydrogen-bond donors (Lipinski definition) is 0. The van der Waals surface area contributed by atoms with Crippen LogP contribution in [-0.4, -0.2) is 9.97 Å². The average molecular weight is 662 g/mol. The molecule has 52 heavy (non-hydrogen) atoms. The number of aromatic nitrogens is 2. The first-order chi connectivity index (χ1) is 25.7. The van der Waals surface area contributed by atoms with E-state index in [9.17, 15) is 0 Å². The summed E-state index contributed by atoms with van der Waals surface area (Å²) in [6, 6.07) is 65.4. The van der Waals surface area contributed by atoms with E-state index in [0.717, 1.165) is 44.8 Å². The van der Waals surface area contributed by atoms with Gasteiger partial charge in [-0.1, -0.05) is 182 Å². The molecule has 0 aliphatic carbocycles. The van der Waals surface area contributed by atoms with Crippen molar-refractivity contribution in [1.82, 2.24) is 9.97 Å². The van der Waals surface area contributed by atoms with E-state index >= 15 is 0 Å². The molecule has 0 unspecified atom stereocenters. The van der Waals surface area contributed by atoms with Gasteiger partial charge in [-0.2, -0.15) is 0 Å². The molecule has 0 spiro atoms. The summed E-state index contributed by atoms with van der Waals surface area (Å²) in [7, 11) is 0. The second-order valence-electron chi connectivity index (χ2n) is 12.8. The van der Waals surface area contributed by atoms with Gasteiger partial charge in [0.15, 0.2) is 11.5 Å². The fourth-order valence-electron chi connectivity index (χ4n) is 7.20.